The van der Waals surface area contributed by atoms with Gasteiger partial charge in [-0.2, -0.15) is 0 Å². The van der Waals surface area contributed by atoms with Crippen molar-refractivity contribution in [2.45, 2.75) is 25.5 Å². The molecule has 2 aromatic carbocycles. The number of para-hydroxylation sites is 1. The third-order valence-electron chi connectivity index (χ3n) is 3.88. The third-order valence-corrected chi connectivity index (χ3v) is 3.88. The summed E-state index contributed by atoms with van der Waals surface area (Å²) in [6, 6.07) is 15.6. The molecule has 0 heterocycles. The lowest BCUT2D eigenvalue weighted by molar-refractivity contribution is 0.104. The van der Waals surface area contributed by atoms with Crippen LogP contribution < -0.4 is 19.5 Å². The Balaban J connectivity index is 1.75. The summed E-state index contributed by atoms with van der Waals surface area (Å²) in [4.78, 5) is 0. The summed E-state index contributed by atoms with van der Waals surface area (Å²) in [5.74, 6) is 2.21. The second kappa shape index (κ2) is 9.91. The first-order valence-corrected chi connectivity index (χ1v) is 8.42. The van der Waals surface area contributed by atoms with Crippen LogP contribution in [0, 0.1) is 0 Å². The van der Waals surface area contributed by atoms with Crippen LogP contribution in [0.15, 0.2) is 48.5 Å². The standard InChI is InChI=1S/C20H27NO4/c1-15(11-16-9-10-19(23-2)20(12-16)24-3)21-13-17(22)14-25-18-7-5-4-6-8-18/h4-10,12,15,17,21-22H,11,13-14H2,1-3H3/t15-,17-/m0/s1. The predicted molar refractivity (Wildman–Crippen MR) is 98.7 cm³/mol. The Morgan fingerprint density at radius 2 is 1.72 bits per heavy atom. The number of methoxy groups -OCH3 is 2. The van der Waals surface area contributed by atoms with Gasteiger partial charge >= 0.3 is 0 Å². The normalized spacial score (nSPS) is 13.1. The summed E-state index contributed by atoms with van der Waals surface area (Å²) in [6.45, 7) is 2.82. The first kappa shape index (κ1) is 19.1. The monoisotopic (exact) mass is 345 g/mol. The molecular weight excluding hydrogens is 318 g/mol. The van der Waals surface area contributed by atoms with E-state index in [4.69, 9.17) is 14.2 Å². The molecule has 0 unspecified atom stereocenters. The van der Waals surface area contributed by atoms with Crippen LogP contribution >= 0.6 is 0 Å². The maximum absolute atomic E-state index is 10.1. The number of rotatable bonds is 10. The van der Waals surface area contributed by atoms with Gasteiger partial charge in [0, 0.05) is 12.6 Å². The molecule has 0 saturated heterocycles. The van der Waals surface area contributed by atoms with E-state index in [0.717, 1.165) is 29.2 Å². The topological polar surface area (TPSA) is 60.0 Å². The van der Waals surface area contributed by atoms with E-state index in [0.29, 0.717) is 6.54 Å². The molecule has 136 valence electrons. The number of ether oxygens (including phenoxy) is 3. The van der Waals surface area contributed by atoms with Crippen LogP contribution in [0.1, 0.15) is 12.5 Å². The van der Waals surface area contributed by atoms with Crippen molar-refractivity contribution in [1.29, 1.82) is 0 Å². The number of aliphatic hydroxyl groups excluding tert-OH is 1. The van der Waals surface area contributed by atoms with E-state index in [2.05, 4.69) is 12.2 Å². The smallest absolute Gasteiger partial charge is 0.160 e. The second-order valence-corrected chi connectivity index (χ2v) is 5.98. The molecule has 0 bridgehead atoms. The Morgan fingerprint density at radius 1 is 1.00 bits per heavy atom. The van der Waals surface area contributed by atoms with Crippen molar-refractivity contribution < 1.29 is 19.3 Å². The van der Waals surface area contributed by atoms with Gasteiger partial charge in [0.05, 0.1) is 14.2 Å². The summed E-state index contributed by atoms with van der Waals surface area (Å²) in [5, 5.41) is 13.4. The molecule has 0 aromatic heterocycles. The highest BCUT2D eigenvalue weighted by atomic mass is 16.5. The van der Waals surface area contributed by atoms with Crippen molar-refractivity contribution in [2.75, 3.05) is 27.4 Å². The van der Waals surface area contributed by atoms with Gasteiger partial charge in [0.1, 0.15) is 18.5 Å². The lowest BCUT2D eigenvalue weighted by Crippen LogP contribution is -2.37. The van der Waals surface area contributed by atoms with Gasteiger partial charge < -0.3 is 24.6 Å². The zero-order chi connectivity index (χ0) is 18.1. The van der Waals surface area contributed by atoms with Gasteiger partial charge in [0.2, 0.25) is 0 Å². The molecule has 0 radical (unpaired) electrons. The molecule has 0 saturated carbocycles. The van der Waals surface area contributed by atoms with Crippen molar-refractivity contribution >= 4 is 0 Å². The fraction of sp³-hybridized carbons (Fsp3) is 0.400. The number of hydrogen-bond acceptors (Lipinski definition) is 5. The van der Waals surface area contributed by atoms with Crippen LogP contribution in [-0.2, 0) is 6.42 Å². The summed E-state index contributed by atoms with van der Waals surface area (Å²) < 4.78 is 16.1. The van der Waals surface area contributed by atoms with Gasteiger partial charge in [0.15, 0.2) is 11.5 Å². The fourth-order valence-electron chi connectivity index (χ4n) is 2.54. The van der Waals surface area contributed by atoms with E-state index >= 15 is 0 Å². The molecule has 0 amide bonds. The van der Waals surface area contributed by atoms with E-state index in [1.807, 2.05) is 48.5 Å². The van der Waals surface area contributed by atoms with Crippen LogP contribution in [-0.4, -0.2) is 44.6 Å². The molecule has 0 fully saturated rings. The zero-order valence-corrected chi connectivity index (χ0v) is 15.1. The molecule has 5 nitrogen and oxygen atoms in total. The first-order valence-electron chi connectivity index (χ1n) is 8.42. The van der Waals surface area contributed by atoms with Gasteiger partial charge in [-0.15, -0.1) is 0 Å². The van der Waals surface area contributed by atoms with Crippen molar-refractivity contribution in [3.05, 3.63) is 54.1 Å². The first-order chi connectivity index (χ1) is 12.1. The quantitative estimate of drug-likeness (QED) is 0.693. The highest BCUT2D eigenvalue weighted by Crippen LogP contribution is 2.27. The minimum absolute atomic E-state index is 0.212. The van der Waals surface area contributed by atoms with Crippen LogP contribution in [0.5, 0.6) is 17.2 Å². The summed E-state index contributed by atoms with van der Waals surface area (Å²) in [5.41, 5.74) is 1.15. The highest BCUT2D eigenvalue weighted by Gasteiger charge is 2.10. The van der Waals surface area contributed by atoms with E-state index < -0.39 is 6.10 Å². The average Bonchev–Trinajstić information content (AvgIpc) is 2.65. The lowest BCUT2D eigenvalue weighted by Gasteiger charge is -2.18. The zero-order valence-electron chi connectivity index (χ0n) is 15.1. The molecule has 0 spiro atoms. The van der Waals surface area contributed by atoms with Crippen LogP contribution in [0.3, 0.4) is 0 Å². The summed E-state index contributed by atoms with van der Waals surface area (Å²) in [7, 11) is 3.26. The van der Waals surface area contributed by atoms with Crippen LogP contribution in [0.25, 0.3) is 0 Å². The Hall–Kier alpha value is -2.24. The molecule has 5 heteroatoms. The molecule has 25 heavy (non-hydrogen) atoms. The average molecular weight is 345 g/mol. The Bertz CT molecular complexity index is 633. The number of benzene rings is 2. The van der Waals surface area contributed by atoms with E-state index in [1.165, 1.54) is 0 Å². The van der Waals surface area contributed by atoms with Crippen molar-refractivity contribution in [1.82, 2.24) is 5.32 Å². The van der Waals surface area contributed by atoms with Gasteiger partial charge in [0.25, 0.3) is 0 Å². The lowest BCUT2D eigenvalue weighted by atomic mass is 10.1. The highest BCUT2D eigenvalue weighted by molar-refractivity contribution is 5.43. The molecule has 2 rings (SSSR count). The molecular formula is C20H27NO4. The predicted octanol–water partition coefficient (Wildman–Crippen LogP) is 2.66. The van der Waals surface area contributed by atoms with Crippen molar-refractivity contribution in [3.63, 3.8) is 0 Å². The second-order valence-electron chi connectivity index (χ2n) is 5.98. The third kappa shape index (κ3) is 6.29. The largest absolute Gasteiger partial charge is 0.493 e. The van der Waals surface area contributed by atoms with Gasteiger partial charge in [-0.3, -0.25) is 0 Å². The van der Waals surface area contributed by atoms with E-state index in [1.54, 1.807) is 14.2 Å². The number of aliphatic hydroxyl groups is 1. The minimum Gasteiger partial charge on any atom is -0.493 e. The van der Waals surface area contributed by atoms with E-state index in [9.17, 15) is 5.11 Å². The Morgan fingerprint density at radius 3 is 2.40 bits per heavy atom. The molecule has 2 atom stereocenters. The van der Waals surface area contributed by atoms with E-state index in [-0.39, 0.29) is 12.6 Å². The fourth-order valence-corrected chi connectivity index (χ4v) is 2.54. The number of hydrogen-bond donors (Lipinski definition) is 2. The van der Waals surface area contributed by atoms with Crippen molar-refractivity contribution in [2.24, 2.45) is 0 Å². The van der Waals surface area contributed by atoms with Gasteiger partial charge in [-0.25, -0.2) is 0 Å². The molecule has 2 aromatic rings. The molecule has 0 aliphatic rings. The van der Waals surface area contributed by atoms with Crippen molar-refractivity contribution in [3.8, 4) is 17.2 Å². The SMILES string of the molecule is COc1ccc(C[C@H](C)NC[C@H](O)COc2ccccc2)cc1OC. The van der Waals surface area contributed by atoms with Gasteiger partial charge in [-0.05, 0) is 43.2 Å². The summed E-state index contributed by atoms with van der Waals surface area (Å²) in [6.07, 6.45) is 0.264. The van der Waals surface area contributed by atoms with Crippen LogP contribution in [0.4, 0.5) is 0 Å². The molecule has 0 aliphatic heterocycles. The number of nitrogens with one attached hydrogen (secondary N) is 1. The summed E-state index contributed by atoms with van der Waals surface area (Å²) >= 11 is 0. The molecule has 0 aliphatic carbocycles. The van der Waals surface area contributed by atoms with Crippen LogP contribution in [0.2, 0.25) is 0 Å². The Labute approximate surface area is 149 Å². The Kier molecular flexibility index (Phi) is 7.57. The maximum atomic E-state index is 10.1. The molecule has 2 N–H and O–H groups in total. The van der Waals surface area contributed by atoms with Gasteiger partial charge in [-0.1, -0.05) is 24.3 Å². The maximum Gasteiger partial charge on any atom is 0.160 e. The minimum atomic E-state index is -0.562.